The molecule has 0 heterocycles. The molecule has 258 valence electrons. The first-order valence-corrected chi connectivity index (χ1v) is 18.8. The summed E-state index contributed by atoms with van der Waals surface area (Å²) in [5.74, 6) is -0.165. The molecule has 0 saturated heterocycles. The maximum Gasteiger partial charge on any atom is 0.472 e. The van der Waals surface area contributed by atoms with Gasteiger partial charge >= 0.3 is 7.82 Å². The molecule has 0 aromatic rings. The van der Waals surface area contributed by atoms with Crippen LogP contribution in [0.3, 0.4) is 0 Å². The number of phosphoric acid groups is 1. The van der Waals surface area contributed by atoms with E-state index in [-0.39, 0.29) is 19.1 Å². The van der Waals surface area contributed by atoms with E-state index >= 15 is 0 Å². The first-order valence-electron chi connectivity index (χ1n) is 17.4. The van der Waals surface area contributed by atoms with E-state index in [1.165, 1.54) is 25.7 Å². The number of nitrogens with zero attached hydrogens (tertiary/aromatic N) is 1. The van der Waals surface area contributed by atoms with Gasteiger partial charge in [-0.2, -0.15) is 0 Å². The van der Waals surface area contributed by atoms with Crippen LogP contribution in [0, 0.1) is 0 Å². The van der Waals surface area contributed by atoms with E-state index in [1.54, 1.807) is 0 Å². The Labute approximate surface area is 270 Å². The summed E-state index contributed by atoms with van der Waals surface area (Å²) in [6, 6.07) is -0.760. The number of quaternary nitrogens is 1. The quantitative estimate of drug-likeness (QED) is 0.0314. The number of hydrogen-bond donors (Lipinski definition) is 3. The number of unbranched alkanes of at least 4 members (excludes halogenated alkanes) is 11. The van der Waals surface area contributed by atoms with E-state index in [0.717, 1.165) is 77.0 Å². The van der Waals surface area contributed by atoms with Crippen LogP contribution in [0.1, 0.15) is 129 Å². The Morgan fingerprint density at radius 3 is 2.00 bits per heavy atom. The fraction of sp³-hybridized carbons (Fsp3) is 0.800. The summed E-state index contributed by atoms with van der Waals surface area (Å²) in [5.41, 5.74) is 0. The lowest BCUT2D eigenvalue weighted by Gasteiger charge is -2.26. The number of nitrogens with one attached hydrogen (secondary N) is 1. The number of likely N-dealkylation sites (N-methyl/N-ethyl adjacent to an activating group) is 1. The van der Waals surface area contributed by atoms with Crippen molar-refractivity contribution in [1.82, 2.24) is 5.32 Å². The number of amides is 1. The summed E-state index contributed by atoms with van der Waals surface area (Å²) >= 11 is 0. The highest BCUT2D eigenvalue weighted by atomic mass is 31.2. The highest BCUT2D eigenvalue weighted by Gasteiger charge is 2.28. The predicted octanol–water partition coefficient (Wildman–Crippen LogP) is 8.40. The Kier molecular flexibility index (Phi) is 27.2. The molecule has 8 nitrogen and oxygen atoms in total. The monoisotopic (exact) mass is 643 g/mol. The van der Waals surface area contributed by atoms with Crippen molar-refractivity contribution in [2.24, 2.45) is 0 Å². The average Bonchev–Trinajstić information content (AvgIpc) is 2.95. The summed E-state index contributed by atoms with van der Waals surface area (Å²) in [5, 5.41) is 13.7. The molecule has 0 rings (SSSR count). The topological polar surface area (TPSA) is 105 Å². The first kappa shape index (κ1) is 42.7. The Morgan fingerprint density at radius 1 is 0.795 bits per heavy atom. The third-order valence-corrected chi connectivity index (χ3v) is 8.39. The minimum Gasteiger partial charge on any atom is -0.391 e. The Balaban J connectivity index is 4.31. The number of aliphatic hydroxyl groups is 1. The lowest BCUT2D eigenvalue weighted by molar-refractivity contribution is -0.870. The molecular formula is C35H68N2O6P+. The predicted molar refractivity (Wildman–Crippen MR) is 184 cm³/mol. The second-order valence-electron chi connectivity index (χ2n) is 12.9. The minimum atomic E-state index is -4.29. The van der Waals surface area contributed by atoms with Crippen molar-refractivity contribution in [3.63, 3.8) is 0 Å². The molecule has 0 bridgehead atoms. The van der Waals surface area contributed by atoms with Gasteiger partial charge < -0.3 is 19.8 Å². The molecule has 0 saturated carbocycles. The van der Waals surface area contributed by atoms with Gasteiger partial charge in [-0.15, -0.1) is 0 Å². The second kappa shape index (κ2) is 28.0. The van der Waals surface area contributed by atoms with Crippen LogP contribution in [0.5, 0.6) is 0 Å². The Bertz CT molecular complexity index is 825. The van der Waals surface area contributed by atoms with E-state index in [0.29, 0.717) is 23.9 Å². The van der Waals surface area contributed by atoms with Gasteiger partial charge in [0.2, 0.25) is 5.91 Å². The fourth-order valence-electron chi connectivity index (χ4n) is 4.59. The number of carbonyl (C=O) groups excluding carboxylic acids is 1. The average molecular weight is 644 g/mol. The van der Waals surface area contributed by atoms with E-state index < -0.39 is 20.0 Å². The summed E-state index contributed by atoms with van der Waals surface area (Å²) in [4.78, 5) is 22.8. The number of phosphoric ester groups is 1. The Hall–Kier alpha value is -1.28. The van der Waals surface area contributed by atoms with Crippen LogP contribution < -0.4 is 5.32 Å². The zero-order chi connectivity index (χ0) is 32.9. The second-order valence-corrected chi connectivity index (χ2v) is 14.3. The van der Waals surface area contributed by atoms with E-state index in [9.17, 15) is 19.4 Å². The van der Waals surface area contributed by atoms with Gasteiger partial charge in [0.1, 0.15) is 13.2 Å². The van der Waals surface area contributed by atoms with E-state index in [1.807, 2.05) is 21.1 Å². The van der Waals surface area contributed by atoms with Crippen LogP contribution in [0.15, 0.2) is 36.5 Å². The zero-order valence-corrected chi connectivity index (χ0v) is 29.8. The fourth-order valence-corrected chi connectivity index (χ4v) is 5.32. The van der Waals surface area contributed by atoms with Gasteiger partial charge in [-0.3, -0.25) is 13.8 Å². The normalized spacial score (nSPS) is 15.3. The molecule has 0 radical (unpaired) electrons. The van der Waals surface area contributed by atoms with Crippen molar-refractivity contribution in [3.05, 3.63) is 36.5 Å². The zero-order valence-electron chi connectivity index (χ0n) is 28.9. The summed E-state index contributed by atoms with van der Waals surface area (Å²) in [6.07, 6.45) is 30.6. The van der Waals surface area contributed by atoms with Crippen LogP contribution >= 0.6 is 7.82 Å². The first-order chi connectivity index (χ1) is 21.0. The van der Waals surface area contributed by atoms with Crippen molar-refractivity contribution in [2.75, 3.05) is 40.9 Å². The third-order valence-electron chi connectivity index (χ3n) is 7.40. The van der Waals surface area contributed by atoms with Gasteiger partial charge in [0.05, 0.1) is 39.9 Å². The van der Waals surface area contributed by atoms with Crippen molar-refractivity contribution >= 4 is 13.7 Å². The maximum atomic E-state index is 12.7. The Morgan fingerprint density at radius 2 is 1.36 bits per heavy atom. The summed E-state index contributed by atoms with van der Waals surface area (Å²) in [6.45, 7) is 4.64. The molecule has 0 aromatic heterocycles. The summed E-state index contributed by atoms with van der Waals surface area (Å²) in [7, 11) is 1.59. The van der Waals surface area contributed by atoms with Crippen molar-refractivity contribution in [3.8, 4) is 0 Å². The van der Waals surface area contributed by atoms with Gasteiger partial charge in [-0.25, -0.2) is 4.57 Å². The lowest BCUT2D eigenvalue weighted by Crippen LogP contribution is -2.46. The van der Waals surface area contributed by atoms with Crippen LogP contribution in [0.2, 0.25) is 0 Å². The molecular weight excluding hydrogens is 575 g/mol. The number of aliphatic hydroxyl groups excluding tert-OH is 1. The highest BCUT2D eigenvalue weighted by molar-refractivity contribution is 7.47. The van der Waals surface area contributed by atoms with Gasteiger partial charge in [0.25, 0.3) is 0 Å². The molecule has 0 fully saturated rings. The standard InChI is InChI=1S/C35H67N2O6P/c1-6-8-10-12-13-14-15-16-17-18-19-20-21-22-23-25-27-29-35(39)36-33(34(38)28-26-24-11-9-7-2)32-43-44(40,41)42-31-30-37(3,4)5/h8,10,13-14,16-17,33-34,38H,6-7,9,11-12,15,18-32H2,1-5H3,(H-,36,39,40,41)/p+1/b10-8-,14-13-,17-16-. The summed E-state index contributed by atoms with van der Waals surface area (Å²) < 4.78 is 23.3. The molecule has 0 aliphatic rings. The van der Waals surface area contributed by atoms with Gasteiger partial charge in [-0.05, 0) is 44.9 Å². The molecule has 0 spiro atoms. The molecule has 0 aliphatic heterocycles. The molecule has 44 heavy (non-hydrogen) atoms. The SMILES string of the molecule is CC/C=C\C/C=C\C/C=C\CCCCCCCCCC(=O)NC(COP(=O)(O)OCC[N+](C)(C)C)C(O)CCCCCCC. The van der Waals surface area contributed by atoms with Crippen molar-refractivity contribution < 1.29 is 32.9 Å². The highest BCUT2D eigenvalue weighted by Crippen LogP contribution is 2.43. The van der Waals surface area contributed by atoms with Gasteiger partial charge in [0, 0.05) is 6.42 Å². The number of allylic oxidation sites excluding steroid dienone is 6. The number of rotatable bonds is 30. The maximum absolute atomic E-state index is 12.7. The lowest BCUT2D eigenvalue weighted by atomic mass is 10.0. The van der Waals surface area contributed by atoms with Crippen molar-refractivity contribution in [2.45, 2.75) is 142 Å². The van der Waals surface area contributed by atoms with Crippen LogP contribution in [-0.4, -0.2) is 73.4 Å². The molecule has 0 aromatic carbocycles. The van der Waals surface area contributed by atoms with Crippen LogP contribution in [0.25, 0.3) is 0 Å². The van der Waals surface area contributed by atoms with Crippen LogP contribution in [-0.2, 0) is 18.4 Å². The van der Waals surface area contributed by atoms with Gasteiger partial charge in [-0.1, -0.05) is 115 Å². The molecule has 3 unspecified atom stereocenters. The molecule has 9 heteroatoms. The largest absolute Gasteiger partial charge is 0.472 e. The molecule has 3 atom stereocenters. The smallest absolute Gasteiger partial charge is 0.391 e. The third kappa shape index (κ3) is 29.4. The molecule has 3 N–H and O–H groups in total. The molecule has 0 aliphatic carbocycles. The number of hydrogen-bond acceptors (Lipinski definition) is 5. The van der Waals surface area contributed by atoms with Crippen LogP contribution in [0.4, 0.5) is 0 Å². The number of carbonyl (C=O) groups is 1. The van der Waals surface area contributed by atoms with E-state index in [4.69, 9.17) is 9.05 Å². The molecule has 1 amide bonds. The minimum absolute atomic E-state index is 0.0702. The van der Waals surface area contributed by atoms with Crippen molar-refractivity contribution in [1.29, 1.82) is 0 Å². The van der Waals surface area contributed by atoms with Gasteiger partial charge in [0.15, 0.2) is 0 Å². The van der Waals surface area contributed by atoms with E-state index in [2.05, 4.69) is 55.6 Å².